The van der Waals surface area contributed by atoms with E-state index in [4.69, 9.17) is 16.0 Å². The minimum atomic E-state index is 0. The average Bonchev–Trinajstić information content (AvgIpc) is 3.03. The van der Waals surface area contributed by atoms with E-state index in [1.807, 2.05) is 42.5 Å². The van der Waals surface area contributed by atoms with Crippen LogP contribution in [0.4, 0.5) is 0 Å². The van der Waals surface area contributed by atoms with Crippen LogP contribution in [0.1, 0.15) is 11.3 Å². The molecule has 0 atom stereocenters. The fraction of sp³-hybridized carbons (Fsp3) is 0.158. The van der Waals surface area contributed by atoms with E-state index < -0.39 is 0 Å². The van der Waals surface area contributed by atoms with Crippen LogP contribution in [0, 0.1) is 0 Å². The molecular formula is C19H19Cl2NO. The Bertz CT molecular complexity index is 708. The van der Waals surface area contributed by atoms with Crippen molar-refractivity contribution in [1.82, 2.24) is 5.32 Å². The van der Waals surface area contributed by atoms with Crippen LogP contribution in [0.15, 0.2) is 71.1 Å². The van der Waals surface area contributed by atoms with Crippen LogP contribution in [0.25, 0.3) is 11.3 Å². The Morgan fingerprint density at radius 1 is 0.870 bits per heavy atom. The monoisotopic (exact) mass is 347 g/mol. The summed E-state index contributed by atoms with van der Waals surface area (Å²) < 4.78 is 5.86. The lowest BCUT2D eigenvalue weighted by atomic mass is 10.1. The molecule has 1 N–H and O–H groups in total. The number of halogens is 2. The van der Waals surface area contributed by atoms with Crippen molar-refractivity contribution in [3.8, 4) is 11.3 Å². The molecule has 23 heavy (non-hydrogen) atoms. The summed E-state index contributed by atoms with van der Waals surface area (Å²) in [5, 5.41) is 4.18. The molecule has 4 heteroatoms. The Morgan fingerprint density at radius 2 is 1.61 bits per heavy atom. The van der Waals surface area contributed by atoms with Crippen molar-refractivity contribution in [2.75, 3.05) is 6.54 Å². The zero-order valence-electron chi connectivity index (χ0n) is 12.7. The minimum absolute atomic E-state index is 0. The molecule has 0 aliphatic rings. The summed E-state index contributed by atoms with van der Waals surface area (Å²) in [6, 6.07) is 22.2. The van der Waals surface area contributed by atoms with Gasteiger partial charge in [0, 0.05) is 10.6 Å². The van der Waals surface area contributed by atoms with Crippen LogP contribution in [0.5, 0.6) is 0 Å². The van der Waals surface area contributed by atoms with Gasteiger partial charge in [0.05, 0.1) is 6.54 Å². The lowest BCUT2D eigenvalue weighted by molar-refractivity contribution is 0.495. The highest BCUT2D eigenvalue weighted by molar-refractivity contribution is 6.30. The largest absolute Gasteiger partial charge is 0.460 e. The van der Waals surface area contributed by atoms with Gasteiger partial charge in [-0.05, 0) is 42.8 Å². The van der Waals surface area contributed by atoms with Crippen LogP contribution in [-0.4, -0.2) is 6.54 Å². The van der Waals surface area contributed by atoms with Crippen LogP contribution in [-0.2, 0) is 13.0 Å². The highest BCUT2D eigenvalue weighted by Crippen LogP contribution is 2.21. The second kappa shape index (κ2) is 8.78. The van der Waals surface area contributed by atoms with Gasteiger partial charge in [0.2, 0.25) is 0 Å². The summed E-state index contributed by atoms with van der Waals surface area (Å²) in [5.41, 5.74) is 2.39. The molecule has 0 bridgehead atoms. The van der Waals surface area contributed by atoms with Crippen LogP contribution in [0.2, 0.25) is 5.02 Å². The lowest BCUT2D eigenvalue weighted by Gasteiger charge is -2.03. The summed E-state index contributed by atoms with van der Waals surface area (Å²) in [5.74, 6) is 1.87. The molecule has 0 spiro atoms. The van der Waals surface area contributed by atoms with E-state index in [9.17, 15) is 0 Å². The van der Waals surface area contributed by atoms with Gasteiger partial charge in [0.15, 0.2) is 0 Å². The second-order valence-electron chi connectivity index (χ2n) is 5.19. The molecule has 2 aromatic carbocycles. The summed E-state index contributed by atoms with van der Waals surface area (Å²) >= 11 is 5.88. The normalized spacial score (nSPS) is 10.3. The van der Waals surface area contributed by atoms with Crippen molar-refractivity contribution in [2.45, 2.75) is 13.0 Å². The predicted octanol–water partition coefficient (Wildman–Crippen LogP) is 5.35. The smallest absolute Gasteiger partial charge is 0.134 e. The van der Waals surface area contributed by atoms with Crippen LogP contribution >= 0.6 is 24.0 Å². The highest BCUT2D eigenvalue weighted by atomic mass is 35.5. The Kier molecular flexibility index (Phi) is 6.72. The fourth-order valence-corrected chi connectivity index (χ4v) is 2.45. The number of benzene rings is 2. The number of hydrogen-bond acceptors (Lipinski definition) is 2. The van der Waals surface area contributed by atoms with Gasteiger partial charge in [0.1, 0.15) is 11.5 Å². The SMILES string of the molecule is Cl.Clc1ccc(CCNCc2ccc(-c3ccccc3)o2)cc1. The van der Waals surface area contributed by atoms with E-state index in [-0.39, 0.29) is 12.4 Å². The number of furan rings is 1. The Hall–Kier alpha value is -1.74. The van der Waals surface area contributed by atoms with E-state index in [2.05, 4.69) is 29.6 Å². The van der Waals surface area contributed by atoms with Gasteiger partial charge in [-0.2, -0.15) is 0 Å². The zero-order valence-corrected chi connectivity index (χ0v) is 14.2. The summed E-state index contributed by atoms with van der Waals surface area (Å²) in [6.07, 6.45) is 0.976. The molecule has 120 valence electrons. The molecule has 0 saturated carbocycles. The maximum absolute atomic E-state index is 5.88. The molecule has 1 heterocycles. The summed E-state index contributed by atoms with van der Waals surface area (Å²) in [6.45, 7) is 1.64. The third-order valence-corrected chi connectivity index (χ3v) is 3.77. The first-order chi connectivity index (χ1) is 10.8. The van der Waals surface area contributed by atoms with Crippen LogP contribution < -0.4 is 5.32 Å². The lowest BCUT2D eigenvalue weighted by Crippen LogP contribution is -2.16. The molecule has 0 saturated heterocycles. The third-order valence-electron chi connectivity index (χ3n) is 3.52. The Balaban J connectivity index is 0.00000192. The molecule has 0 aliphatic heterocycles. The number of nitrogens with one attached hydrogen (secondary N) is 1. The van der Waals surface area contributed by atoms with E-state index >= 15 is 0 Å². The third kappa shape index (κ3) is 5.14. The quantitative estimate of drug-likeness (QED) is 0.607. The highest BCUT2D eigenvalue weighted by Gasteiger charge is 2.03. The molecule has 3 aromatic rings. The molecule has 1 aromatic heterocycles. The first-order valence-electron chi connectivity index (χ1n) is 7.40. The maximum Gasteiger partial charge on any atom is 0.134 e. The molecule has 0 unspecified atom stereocenters. The molecule has 0 radical (unpaired) electrons. The topological polar surface area (TPSA) is 25.2 Å². The molecule has 0 aliphatic carbocycles. The standard InChI is InChI=1S/C19H18ClNO.ClH/c20-17-8-6-15(7-9-17)12-13-21-14-18-10-11-19(22-18)16-4-2-1-3-5-16;/h1-11,21H,12-14H2;1H. The van der Waals surface area contributed by atoms with Gasteiger partial charge in [-0.3, -0.25) is 0 Å². The molecule has 2 nitrogen and oxygen atoms in total. The van der Waals surface area contributed by atoms with Gasteiger partial charge in [-0.25, -0.2) is 0 Å². The van der Waals surface area contributed by atoms with E-state index in [1.165, 1.54) is 5.56 Å². The van der Waals surface area contributed by atoms with Crippen molar-refractivity contribution in [2.24, 2.45) is 0 Å². The van der Waals surface area contributed by atoms with Crippen molar-refractivity contribution < 1.29 is 4.42 Å². The van der Waals surface area contributed by atoms with Gasteiger partial charge >= 0.3 is 0 Å². The van der Waals surface area contributed by atoms with Gasteiger partial charge < -0.3 is 9.73 Å². The van der Waals surface area contributed by atoms with Gasteiger partial charge in [-0.1, -0.05) is 54.1 Å². The zero-order chi connectivity index (χ0) is 15.2. The van der Waals surface area contributed by atoms with Crippen molar-refractivity contribution in [1.29, 1.82) is 0 Å². The molecule has 0 amide bonds. The van der Waals surface area contributed by atoms with Gasteiger partial charge in [0.25, 0.3) is 0 Å². The minimum Gasteiger partial charge on any atom is -0.460 e. The summed E-state index contributed by atoms with van der Waals surface area (Å²) in [7, 11) is 0. The fourth-order valence-electron chi connectivity index (χ4n) is 2.33. The second-order valence-corrected chi connectivity index (χ2v) is 5.62. The number of hydrogen-bond donors (Lipinski definition) is 1. The Labute approximate surface area is 147 Å². The maximum atomic E-state index is 5.88. The van der Waals surface area contributed by atoms with Crippen LogP contribution in [0.3, 0.4) is 0 Å². The van der Waals surface area contributed by atoms with Crippen molar-refractivity contribution in [3.63, 3.8) is 0 Å². The predicted molar refractivity (Wildman–Crippen MR) is 98.3 cm³/mol. The van der Waals surface area contributed by atoms with E-state index in [0.717, 1.165) is 41.6 Å². The molecule has 0 fully saturated rings. The Morgan fingerprint density at radius 3 is 2.35 bits per heavy atom. The average molecular weight is 348 g/mol. The molecular weight excluding hydrogens is 329 g/mol. The van der Waals surface area contributed by atoms with E-state index in [1.54, 1.807) is 0 Å². The van der Waals surface area contributed by atoms with Crippen molar-refractivity contribution >= 4 is 24.0 Å². The first kappa shape index (κ1) is 17.6. The first-order valence-corrected chi connectivity index (χ1v) is 7.78. The van der Waals surface area contributed by atoms with Gasteiger partial charge in [-0.15, -0.1) is 12.4 Å². The van der Waals surface area contributed by atoms with Crippen molar-refractivity contribution in [3.05, 3.63) is 83.1 Å². The number of rotatable bonds is 6. The summed E-state index contributed by atoms with van der Waals surface area (Å²) in [4.78, 5) is 0. The van der Waals surface area contributed by atoms with E-state index in [0.29, 0.717) is 0 Å². The molecule has 3 rings (SSSR count).